The van der Waals surface area contributed by atoms with E-state index >= 15 is 0 Å². The van der Waals surface area contributed by atoms with Crippen molar-refractivity contribution in [1.29, 1.82) is 0 Å². The molecule has 0 aliphatic heterocycles. The van der Waals surface area contributed by atoms with E-state index in [0.717, 1.165) is 25.7 Å². The second-order valence-corrected chi connectivity index (χ2v) is 6.61. The SMILES string of the molecule is COC(=O)C(COC1CCCCC1)(NC(C)C)C1CC1. The first-order chi connectivity index (χ1) is 9.58. The van der Waals surface area contributed by atoms with Gasteiger partial charge in [-0.1, -0.05) is 19.3 Å². The second-order valence-electron chi connectivity index (χ2n) is 6.61. The highest BCUT2D eigenvalue weighted by Crippen LogP contribution is 2.41. The van der Waals surface area contributed by atoms with Gasteiger partial charge in [-0.25, -0.2) is 4.79 Å². The molecule has 0 aromatic rings. The Hall–Kier alpha value is -0.610. The molecule has 2 fully saturated rings. The maximum atomic E-state index is 12.4. The molecule has 0 heterocycles. The van der Waals surface area contributed by atoms with E-state index in [-0.39, 0.29) is 12.0 Å². The Morgan fingerprint density at radius 3 is 2.35 bits per heavy atom. The van der Waals surface area contributed by atoms with E-state index in [1.165, 1.54) is 26.4 Å². The molecule has 116 valence electrons. The van der Waals surface area contributed by atoms with Crippen molar-refractivity contribution in [2.24, 2.45) is 5.92 Å². The summed E-state index contributed by atoms with van der Waals surface area (Å²) in [6, 6.07) is 0.240. The fourth-order valence-electron chi connectivity index (χ4n) is 3.32. The van der Waals surface area contributed by atoms with Crippen LogP contribution in [0.1, 0.15) is 58.8 Å². The second kappa shape index (κ2) is 6.90. The molecular weight excluding hydrogens is 254 g/mol. The van der Waals surface area contributed by atoms with Gasteiger partial charge in [0, 0.05) is 6.04 Å². The summed E-state index contributed by atoms with van der Waals surface area (Å²) in [4.78, 5) is 12.4. The Morgan fingerprint density at radius 1 is 1.20 bits per heavy atom. The fourth-order valence-corrected chi connectivity index (χ4v) is 3.32. The third-order valence-electron chi connectivity index (χ3n) is 4.47. The third kappa shape index (κ3) is 3.73. The van der Waals surface area contributed by atoms with Crippen molar-refractivity contribution >= 4 is 5.97 Å². The molecule has 0 aromatic carbocycles. The van der Waals surface area contributed by atoms with Gasteiger partial charge in [0.25, 0.3) is 0 Å². The van der Waals surface area contributed by atoms with Gasteiger partial charge in [-0.2, -0.15) is 0 Å². The van der Waals surface area contributed by atoms with Gasteiger partial charge in [0.05, 0.1) is 19.8 Å². The van der Waals surface area contributed by atoms with E-state index in [1.54, 1.807) is 0 Å². The smallest absolute Gasteiger partial charge is 0.328 e. The zero-order chi connectivity index (χ0) is 14.6. The molecule has 0 bridgehead atoms. The van der Waals surface area contributed by atoms with E-state index in [1.807, 2.05) is 0 Å². The van der Waals surface area contributed by atoms with E-state index in [2.05, 4.69) is 19.2 Å². The Morgan fingerprint density at radius 2 is 1.85 bits per heavy atom. The van der Waals surface area contributed by atoms with Crippen molar-refractivity contribution < 1.29 is 14.3 Å². The first kappa shape index (κ1) is 15.8. The molecule has 0 amide bonds. The first-order valence-corrected chi connectivity index (χ1v) is 8.06. The Kier molecular flexibility index (Phi) is 5.44. The van der Waals surface area contributed by atoms with Crippen LogP contribution < -0.4 is 5.32 Å². The highest BCUT2D eigenvalue weighted by Gasteiger charge is 2.52. The average molecular weight is 283 g/mol. The van der Waals surface area contributed by atoms with Crippen LogP contribution >= 0.6 is 0 Å². The zero-order valence-corrected chi connectivity index (χ0v) is 13.1. The maximum Gasteiger partial charge on any atom is 0.328 e. The summed E-state index contributed by atoms with van der Waals surface area (Å²) < 4.78 is 11.2. The number of methoxy groups -OCH3 is 1. The van der Waals surface area contributed by atoms with Crippen molar-refractivity contribution in [2.75, 3.05) is 13.7 Å². The summed E-state index contributed by atoms with van der Waals surface area (Å²) in [7, 11) is 1.47. The molecule has 0 aromatic heterocycles. The van der Waals surface area contributed by atoms with E-state index < -0.39 is 5.54 Å². The number of esters is 1. The van der Waals surface area contributed by atoms with Crippen molar-refractivity contribution in [1.82, 2.24) is 5.32 Å². The lowest BCUT2D eigenvalue weighted by Gasteiger charge is -2.36. The lowest BCUT2D eigenvalue weighted by Crippen LogP contribution is -2.60. The number of hydrogen-bond donors (Lipinski definition) is 1. The molecule has 2 aliphatic carbocycles. The standard InChI is InChI=1S/C16H29NO3/c1-12(2)17-16(13-9-10-13,15(18)19-3)11-20-14-7-5-4-6-8-14/h12-14,17H,4-11H2,1-3H3. The van der Waals surface area contributed by atoms with E-state index in [9.17, 15) is 4.79 Å². The van der Waals surface area contributed by atoms with Crippen LogP contribution in [-0.2, 0) is 14.3 Å². The summed E-state index contributed by atoms with van der Waals surface area (Å²) in [5, 5.41) is 3.45. The molecule has 1 N–H and O–H groups in total. The minimum absolute atomic E-state index is 0.162. The molecule has 0 spiro atoms. The molecule has 2 rings (SSSR count). The van der Waals surface area contributed by atoms with E-state index in [4.69, 9.17) is 9.47 Å². The lowest BCUT2D eigenvalue weighted by atomic mass is 9.92. The quantitative estimate of drug-likeness (QED) is 0.730. The van der Waals surface area contributed by atoms with Gasteiger partial charge in [0.15, 0.2) is 0 Å². The molecule has 2 saturated carbocycles. The number of hydrogen-bond acceptors (Lipinski definition) is 4. The van der Waals surface area contributed by atoms with Crippen LogP contribution in [-0.4, -0.2) is 37.4 Å². The number of carbonyl (C=O) groups is 1. The highest BCUT2D eigenvalue weighted by atomic mass is 16.5. The van der Waals surface area contributed by atoms with Gasteiger partial charge >= 0.3 is 5.97 Å². The Bertz CT molecular complexity index is 322. The van der Waals surface area contributed by atoms with Gasteiger partial charge in [0.1, 0.15) is 5.54 Å². The van der Waals surface area contributed by atoms with Gasteiger partial charge in [0.2, 0.25) is 0 Å². The van der Waals surface area contributed by atoms with Gasteiger partial charge in [-0.05, 0) is 45.4 Å². The molecule has 0 radical (unpaired) electrons. The Labute approximate surface area is 122 Å². The summed E-state index contributed by atoms with van der Waals surface area (Å²) in [5.74, 6) is 0.199. The van der Waals surface area contributed by atoms with Crippen LogP contribution in [0.5, 0.6) is 0 Å². The first-order valence-electron chi connectivity index (χ1n) is 8.06. The van der Waals surface area contributed by atoms with E-state index in [0.29, 0.717) is 18.6 Å². The van der Waals surface area contributed by atoms with Crippen LogP contribution in [0.2, 0.25) is 0 Å². The Balaban J connectivity index is 2.02. The van der Waals surface area contributed by atoms with Gasteiger partial charge in [-0.3, -0.25) is 5.32 Å². The summed E-state index contributed by atoms with van der Waals surface area (Å²) >= 11 is 0. The highest BCUT2D eigenvalue weighted by molar-refractivity contribution is 5.82. The number of rotatable bonds is 7. The molecule has 4 heteroatoms. The molecule has 4 nitrogen and oxygen atoms in total. The predicted molar refractivity (Wildman–Crippen MR) is 78.6 cm³/mol. The molecule has 20 heavy (non-hydrogen) atoms. The van der Waals surface area contributed by atoms with Gasteiger partial charge < -0.3 is 9.47 Å². The monoisotopic (exact) mass is 283 g/mol. The van der Waals surface area contributed by atoms with Crippen molar-refractivity contribution in [3.8, 4) is 0 Å². The third-order valence-corrected chi connectivity index (χ3v) is 4.47. The average Bonchev–Trinajstić information content (AvgIpc) is 3.28. The predicted octanol–water partition coefficient (Wildman–Crippen LogP) is 2.66. The lowest BCUT2D eigenvalue weighted by molar-refractivity contribution is -0.155. The normalized spacial score (nSPS) is 23.6. The topological polar surface area (TPSA) is 47.6 Å². The minimum Gasteiger partial charge on any atom is -0.468 e. The van der Waals surface area contributed by atoms with Crippen LogP contribution in [0.25, 0.3) is 0 Å². The molecule has 0 saturated heterocycles. The zero-order valence-electron chi connectivity index (χ0n) is 13.1. The van der Waals surface area contributed by atoms with Crippen LogP contribution in [0.15, 0.2) is 0 Å². The van der Waals surface area contributed by atoms with Crippen LogP contribution in [0, 0.1) is 5.92 Å². The summed E-state index contributed by atoms with van der Waals surface area (Å²) in [6.07, 6.45) is 8.56. The summed E-state index contributed by atoms with van der Waals surface area (Å²) in [6.45, 7) is 4.59. The molecule has 1 atom stereocenters. The van der Waals surface area contributed by atoms with Crippen LogP contribution in [0.4, 0.5) is 0 Å². The van der Waals surface area contributed by atoms with Crippen molar-refractivity contribution in [2.45, 2.75) is 76.5 Å². The van der Waals surface area contributed by atoms with Crippen molar-refractivity contribution in [3.05, 3.63) is 0 Å². The number of nitrogens with one attached hydrogen (secondary N) is 1. The number of carbonyl (C=O) groups excluding carboxylic acids is 1. The van der Waals surface area contributed by atoms with Crippen molar-refractivity contribution in [3.63, 3.8) is 0 Å². The van der Waals surface area contributed by atoms with Gasteiger partial charge in [-0.15, -0.1) is 0 Å². The minimum atomic E-state index is -0.639. The molecule has 2 aliphatic rings. The maximum absolute atomic E-state index is 12.4. The largest absolute Gasteiger partial charge is 0.468 e. The number of ether oxygens (including phenoxy) is 2. The molecule has 1 unspecified atom stereocenters. The molecular formula is C16H29NO3. The fraction of sp³-hybridized carbons (Fsp3) is 0.938. The van der Waals surface area contributed by atoms with Crippen LogP contribution in [0.3, 0.4) is 0 Å². The summed E-state index contributed by atoms with van der Waals surface area (Å²) in [5.41, 5.74) is -0.639.